The highest BCUT2D eigenvalue weighted by atomic mass is 35.5. The van der Waals surface area contributed by atoms with Crippen LogP contribution in [0.25, 0.3) is 0 Å². The van der Waals surface area contributed by atoms with Crippen LogP contribution in [0.15, 0.2) is 18.2 Å². The lowest BCUT2D eigenvalue weighted by Gasteiger charge is -2.26. The van der Waals surface area contributed by atoms with E-state index in [2.05, 4.69) is 0 Å². The average molecular weight is 307 g/mol. The summed E-state index contributed by atoms with van der Waals surface area (Å²) in [6, 6.07) is 2.68. The predicted molar refractivity (Wildman–Crippen MR) is 77.7 cm³/mol. The van der Waals surface area contributed by atoms with Gasteiger partial charge in [-0.25, -0.2) is 8.78 Å². The summed E-state index contributed by atoms with van der Waals surface area (Å²) in [6.45, 7) is 3.49. The van der Waals surface area contributed by atoms with E-state index in [0.717, 1.165) is 18.2 Å². The summed E-state index contributed by atoms with van der Waals surface area (Å²) in [6.07, 6.45) is 0.872. The molecule has 0 aliphatic heterocycles. The summed E-state index contributed by atoms with van der Waals surface area (Å²) in [5.41, 5.74) is 5.77. The highest BCUT2D eigenvalue weighted by Crippen LogP contribution is 2.23. The molecule has 0 fully saturated rings. The van der Waals surface area contributed by atoms with Crippen molar-refractivity contribution in [3.63, 3.8) is 0 Å². The van der Waals surface area contributed by atoms with E-state index in [9.17, 15) is 13.6 Å². The lowest BCUT2D eigenvalue weighted by atomic mass is 10.1. The summed E-state index contributed by atoms with van der Waals surface area (Å²) >= 11 is 0. The van der Waals surface area contributed by atoms with E-state index in [1.54, 1.807) is 14.0 Å². The maximum absolute atomic E-state index is 13.6. The minimum Gasteiger partial charge on any atom is -0.339 e. The molecule has 0 saturated carbocycles. The molecule has 114 valence electrons. The zero-order valence-electron chi connectivity index (χ0n) is 11.9. The van der Waals surface area contributed by atoms with Crippen molar-refractivity contribution in [2.45, 2.75) is 38.8 Å². The first-order valence-corrected chi connectivity index (χ1v) is 6.29. The Bertz CT molecular complexity index is 455. The third kappa shape index (κ3) is 5.06. The molecule has 0 bridgehead atoms. The second-order valence-electron chi connectivity index (χ2n) is 4.86. The summed E-state index contributed by atoms with van der Waals surface area (Å²) in [5, 5.41) is 0. The van der Waals surface area contributed by atoms with E-state index in [4.69, 9.17) is 5.73 Å². The summed E-state index contributed by atoms with van der Waals surface area (Å²) in [4.78, 5) is 13.3. The van der Waals surface area contributed by atoms with Crippen molar-refractivity contribution in [2.75, 3.05) is 7.05 Å². The third-order valence-electron chi connectivity index (χ3n) is 3.20. The van der Waals surface area contributed by atoms with Gasteiger partial charge in [0.25, 0.3) is 0 Å². The van der Waals surface area contributed by atoms with Crippen LogP contribution in [0, 0.1) is 11.6 Å². The van der Waals surface area contributed by atoms with Gasteiger partial charge in [0, 0.05) is 25.1 Å². The number of carbonyl (C=O) groups is 1. The molecule has 2 atom stereocenters. The molecule has 20 heavy (non-hydrogen) atoms. The number of rotatable bonds is 5. The van der Waals surface area contributed by atoms with Crippen molar-refractivity contribution >= 4 is 18.3 Å². The van der Waals surface area contributed by atoms with Crippen molar-refractivity contribution in [1.82, 2.24) is 4.90 Å². The van der Waals surface area contributed by atoms with Crippen LogP contribution in [0.5, 0.6) is 0 Å². The van der Waals surface area contributed by atoms with Crippen LogP contribution in [0.3, 0.4) is 0 Å². The van der Waals surface area contributed by atoms with Gasteiger partial charge in [0.05, 0.1) is 6.04 Å². The summed E-state index contributed by atoms with van der Waals surface area (Å²) < 4.78 is 26.8. The average Bonchev–Trinajstić information content (AvgIpc) is 2.37. The molecule has 1 amide bonds. The maximum atomic E-state index is 13.6. The van der Waals surface area contributed by atoms with Crippen molar-refractivity contribution in [3.8, 4) is 0 Å². The van der Waals surface area contributed by atoms with Gasteiger partial charge < -0.3 is 10.6 Å². The quantitative estimate of drug-likeness (QED) is 0.909. The van der Waals surface area contributed by atoms with Gasteiger partial charge in [-0.15, -0.1) is 12.4 Å². The second-order valence-corrected chi connectivity index (χ2v) is 4.86. The first kappa shape index (κ1) is 18.8. The topological polar surface area (TPSA) is 46.3 Å². The standard InChI is InChI=1S/C14H20F2N2O.ClH/c1-9(17)4-7-14(19)18(3)10(2)12-8-11(15)5-6-13(12)16;/h5-6,8-10H,4,7,17H2,1-3H3;1H. The number of amides is 1. The molecular formula is C14H21ClF2N2O. The third-order valence-corrected chi connectivity index (χ3v) is 3.20. The molecule has 2 unspecified atom stereocenters. The molecule has 1 aromatic carbocycles. The fourth-order valence-corrected chi connectivity index (χ4v) is 1.79. The van der Waals surface area contributed by atoms with E-state index in [1.807, 2.05) is 6.92 Å². The van der Waals surface area contributed by atoms with Crippen molar-refractivity contribution in [3.05, 3.63) is 35.4 Å². The number of hydrogen-bond acceptors (Lipinski definition) is 2. The number of carbonyl (C=O) groups excluding carboxylic acids is 1. The molecule has 0 spiro atoms. The molecule has 2 N–H and O–H groups in total. The van der Waals surface area contributed by atoms with Crippen LogP contribution in [0.4, 0.5) is 8.78 Å². The van der Waals surface area contributed by atoms with E-state index in [0.29, 0.717) is 12.8 Å². The van der Waals surface area contributed by atoms with Crippen LogP contribution < -0.4 is 5.73 Å². The Hall–Kier alpha value is -1.20. The first-order chi connectivity index (χ1) is 8.82. The van der Waals surface area contributed by atoms with Gasteiger partial charge >= 0.3 is 0 Å². The van der Waals surface area contributed by atoms with Crippen LogP contribution >= 0.6 is 12.4 Å². The van der Waals surface area contributed by atoms with E-state index in [-0.39, 0.29) is 29.9 Å². The van der Waals surface area contributed by atoms with Crippen LogP contribution in [0.2, 0.25) is 0 Å². The van der Waals surface area contributed by atoms with Crippen LogP contribution in [-0.4, -0.2) is 23.9 Å². The highest BCUT2D eigenvalue weighted by molar-refractivity contribution is 5.85. The van der Waals surface area contributed by atoms with Gasteiger partial charge in [-0.05, 0) is 38.5 Å². The SMILES string of the molecule is CC(N)CCC(=O)N(C)C(C)c1cc(F)ccc1F.Cl. The smallest absolute Gasteiger partial charge is 0.222 e. The molecule has 0 radical (unpaired) electrons. The molecule has 1 rings (SSSR count). The van der Waals surface area contributed by atoms with E-state index >= 15 is 0 Å². The molecule has 0 aromatic heterocycles. The van der Waals surface area contributed by atoms with Gasteiger partial charge in [0.2, 0.25) is 5.91 Å². The minimum atomic E-state index is -0.517. The minimum absolute atomic E-state index is 0. The zero-order valence-corrected chi connectivity index (χ0v) is 12.7. The van der Waals surface area contributed by atoms with E-state index < -0.39 is 17.7 Å². The van der Waals surface area contributed by atoms with Gasteiger partial charge in [-0.2, -0.15) is 0 Å². The number of hydrogen-bond donors (Lipinski definition) is 1. The number of nitrogens with two attached hydrogens (primary N) is 1. The molecular weight excluding hydrogens is 286 g/mol. The van der Waals surface area contributed by atoms with Crippen LogP contribution in [-0.2, 0) is 4.79 Å². The fraction of sp³-hybridized carbons (Fsp3) is 0.500. The van der Waals surface area contributed by atoms with E-state index in [1.165, 1.54) is 4.90 Å². The zero-order chi connectivity index (χ0) is 14.6. The number of halogens is 3. The van der Waals surface area contributed by atoms with Gasteiger partial charge in [0.1, 0.15) is 11.6 Å². The lowest BCUT2D eigenvalue weighted by molar-refractivity contribution is -0.132. The van der Waals surface area contributed by atoms with Gasteiger partial charge in [0.15, 0.2) is 0 Å². The second kappa shape index (κ2) is 8.17. The Balaban J connectivity index is 0.00000361. The lowest BCUT2D eigenvalue weighted by Crippen LogP contribution is -2.31. The van der Waals surface area contributed by atoms with Gasteiger partial charge in [-0.1, -0.05) is 0 Å². The molecule has 1 aromatic rings. The molecule has 0 heterocycles. The van der Waals surface area contributed by atoms with Crippen molar-refractivity contribution in [2.24, 2.45) is 5.73 Å². The molecule has 0 saturated heterocycles. The molecule has 6 heteroatoms. The maximum Gasteiger partial charge on any atom is 0.222 e. The molecule has 3 nitrogen and oxygen atoms in total. The molecule has 0 aliphatic rings. The molecule has 0 aliphatic carbocycles. The predicted octanol–water partition coefficient (Wildman–Crippen LogP) is 3.03. The Morgan fingerprint density at radius 1 is 1.35 bits per heavy atom. The summed E-state index contributed by atoms with van der Waals surface area (Å²) in [5.74, 6) is -1.16. The first-order valence-electron chi connectivity index (χ1n) is 6.29. The Morgan fingerprint density at radius 3 is 2.50 bits per heavy atom. The van der Waals surface area contributed by atoms with Crippen molar-refractivity contribution in [1.29, 1.82) is 0 Å². The number of benzene rings is 1. The van der Waals surface area contributed by atoms with Crippen LogP contribution in [0.1, 0.15) is 38.3 Å². The monoisotopic (exact) mass is 306 g/mol. The Labute approximate surface area is 124 Å². The highest BCUT2D eigenvalue weighted by Gasteiger charge is 2.20. The van der Waals surface area contributed by atoms with Crippen molar-refractivity contribution < 1.29 is 13.6 Å². The summed E-state index contributed by atoms with van der Waals surface area (Å²) in [7, 11) is 1.58. The largest absolute Gasteiger partial charge is 0.339 e. The fourth-order valence-electron chi connectivity index (χ4n) is 1.79. The number of nitrogens with zero attached hydrogens (tertiary/aromatic N) is 1. The normalized spacial score (nSPS) is 13.3. The Kier molecular flexibility index (Phi) is 7.68. The Morgan fingerprint density at radius 2 is 1.95 bits per heavy atom. The van der Waals surface area contributed by atoms with Gasteiger partial charge in [-0.3, -0.25) is 4.79 Å².